The van der Waals surface area contributed by atoms with Crippen LogP contribution in [0.4, 0.5) is 0 Å². The van der Waals surface area contributed by atoms with Crippen molar-refractivity contribution < 1.29 is 9.53 Å². The summed E-state index contributed by atoms with van der Waals surface area (Å²) in [6, 6.07) is 0. The maximum atomic E-state index is 11.8. The number of esters is 1. The summed E-state index contributed by atoms with van der Waals surface area (Å²) in [6.45, 7) is 7.96. The first-order chi connectivity index (χ1) is 7.06. The van der Waals surface area contributed by atoms with Gasteiger partial charge in [-0.3, -0.25) is 0 Å². The summed E-state index contributed by atoms with van der Waals surface area (Å²) in [7, 11) is 0. The number of ether oxygens (including phenoxy) is 1. The second kappa shape index (κ2) is 5.15. The van der Waals surface area contributed by atoms with E-state index in [1.54, 1.807) is 0 Å². The van der Waals surface area contributed by atoms with E-state index in [4.69, 9.17) is 4.74 Å². The second-order valence-electron chi connectivity index (χ2n) is 4.25. The van der Waals surface area contributed by atoms with E-state index in [0.717, 1.165) is 24.8 Å². The van der Waals surface area contributed by atoms with Crippen LogP contribution in [0.1, 0.15) is 47.0 Å². The van der Waals surface area contributed by atoms with Crippen LogP contribution in [0, 0.1) is 0 Å². The molecule has 0 radical (unpaired) electrons. The highest BCUT2D eigenvalue weighted by molar-refractivity contribution is 5.91. The Hall–Kier alpha value is -1.05. The maximum absolute atomic E-state index is 11.8. The summed E-state index contributed by atoms with van der Waals surface area (Å²) in [5, 5.41) is 0. The third-order valence-electron chi connectivity index (χ3n) is 2.54. The topological polar surface area (TPSA) is 26.3 Å². The molecule has 1 rings (SSSR count). The number of hydrogen-bond donors (Lipinski definition) is 0. The molecule has 1 aliphatic carbocycles. The van der Waals surface area contributed by atoms with Gasteiger partial charge in [-0.15, -0.1) is 0 Å². The van der Waals surface area contributed by atoms with Gasteiger partial charge >= 0.3 is 5.97 Å². The van der Waals surface area contributed by atoms with Gasteiger partial charge in [0, 0.05) is 5.57 Å². The number of allylic oxidation sites excluding steroid dienone is 3. The maximum Gasteiger partial charge on any atom is 0.334 e. The Morgan fingerprint density at radius 2 is 2.20 bits per heavy atom. The van der Waals surface area contributed by atoms with Crippen LogP contribution in [0.2, 0.25) is 0 Å². The van der Waals surface area contributed by atoms with Crippen LogP contribution in [-0.2, 0) is 9.53 Å². The first kappa shape index (κ1) is 12.0. The van der Waals surface area contributed by atoms with Crippen LogP contribution in [0.15, 0.2) is 22.8 Å². The van der Waals surface area contributed by atoms with Gasteiger partial charge in [-0.25, -0.2) is 4.79 Å². The summed E-state index contributed by atoms with van der Waals surface area (Å²) in [6.07, 6.45) is 4.87. The molecule has 2 heteroatoms. The molecule has 84 valence electrons. The van der Waals surface area contributed by atoms with Gasteiger partial charge in [0.05, 0.1) is 6.10 Å². The fourth-order valence-electron chi connectivity index (χ4n) is 1.83. The largest absolute Gasteiger partial charge is 0.460 e. The Morgan fingerprint density at radius 3 is 2.73 bits per heavy atom. The molecular weight excluding hydrogens is 188 g/mol. The molecule has 0 aliphatic heterocycles. The number of carbonyl (C=O) groups is 1. The van der Waals surface area contributed by atoms with Gasteiger partial charge in [0.15, 0.2) is 0 Å². The molecule has 0 unspecified atom stereocenters. The lowest BCUT2D eigenvalue weighted by atomic mass is 10.0. The van der Waals surface area contributed by atoms with E-state index in [1.165, 1.54) is 11.1 Å². The number of rotatable bonds is 4. The standard InChI is InChI=1S/C13H20O2/c1-5-6-11-10(4)7-8-12(11)13(14)15-9(2)3/h7,9H,5-6,8H2,1-4H3. The minimum Gasteiger partial charge on any atom is -0.460 e. The van der Waals surface area contributed by atoms with Crippen molar-refractivity contribution in [1.29, 1.82) is 0 Å². The quantitative estimate of drug-likeness (QED) is 0.662. The monoisotopic (exact) mass is 208 g/mol. The lowest BCUT2D eigenvalue weighted by molar-refractivity contribution is -0.142. The van der Waals surface area contributed by atoms with Crippen molar-refractivity contribution in [3.8, 4) is 0 Å². The third-order valence-corrected chi connectivity index (χ3v) is 2.54. The Kier molecular flexibility index (Phi) is 4.13. The highest BCUT2D eigenvalue weighted by atomic mass is 16.5. The Morgan fingerprint density at radius 1 is 1.53 bits per heavy atom. The Bertz CT molecular complexity index is 308. The molecule has 0 heterocycles. The third kappa shape index (κ3) is 2.95. The van der Waals surface area contributed by atoms with Crippen molar-refractivity contribution in [2.45, 2.75) is 53.1 Å². The molecule has 1 aliphatic rings. The molecule has 2 nitrogen and oxygen atoms in total. The Labute approximate surface area is 92.0 Å². The van der Waals surface area contributed by atoms with E-state index in [9.17, 15) is 4.79 Å². The molecule has 0 saturated carbocycles. The van der Waals surface area contributed by atoms with Gasteiger partial charge in [0.2, 0.25) is 0 Å². The smallest absolute Gasteiger partial charge is 0.334 e. The number of hydrogen-bond acceptors (Lipinski definition) is 2. The fourth-order valence-corrected chi connectivity index (χ4v) is 1.83. The summed E-state index contributed by atoms with van der Waals surface area (Å²) < 4.78 is 5.23. The van der Waals surface area contributed by atoms with E-state index in [2.05, 4.69) is 19.9 Å². The molecule has 0 bridgehead atoms. The van der Waals surface area contributed by atoms with Crippen LogP contribution in [0.5, 0.6) is 0 Å². The average molecular weight is 208 g/mol. The summed E-state index contributed by atoms with van der Waals surface area (Å²) in [5.74, 6) is -0.137. The van der Waals surface area contributed by atoms with Crippen molar-refractivity contribution in [3.05, 3.63) is 22.8 Å². The predicted molar refractivity (Wildman–Crippen MR) is 61.5 cm³/mol. The van der Waals surface area contributed by atoms with Crippen LogP contribution in [0.25, 0.3) is 0 Å². The predicted octanol–water partition coefficient (Wildman–Crippen LogP) is 3.38. The van der Waals surface area contributed by atoms with Crippen molar-refractivity contribution in [2.75, 3.05) is 0 Å². The molecular formula is C13H20O2. The molecule has 15 heavy (non-hydrogen) atoms. The molecule has 0 aromatic rings. The minimum atomic E-state index is -0.137. The SMILES string of the molecule is CCCC1=C(C(=O)OC(C)C)CC=C1C. The molecule has 0 fully saturated rings. The summed E-state index contributed by atoms with van der Waals surface area (Å²) in [5.41, 5.74) is 3.30. The first-order valence-corrected chi connectivity index (χ1v) is 5.66. The molecule has 0 atom stereocenters. The fraction of sp³-hybridized carbons (Fsp3) is 0.615. The zero-order valence-corrected chi connectivity index (χ0v) is 10.1. The minimum absolute atomic E-state index is 0.0335. The molecule has 0 saturated heterocycles. The van der Waals surface area contributed by atoms with Crippen LogP contribution in [0.3, 0.4) is 0 Å². The molecule has 0 spiro atoms. The van der Waals surface area contributed by atoms with E-state index in [-0.39, 0.29) is 12.1 Å². The van der Waals surface area contributed by atoms with Crippen molar-refractivity contribution in [3.63, 3.8) is 0 Å². The van der Waals surface area contributed by atoms with E-state index >= 15 is 0 Å². The van der Waals surface area contributed by atoms with Gasteiger partial charge in [-0.2, -0.15) is 0 Å². The lowest BCUT2D eigenvalue weighted by Crippen LogP contribution is -2.14. The van der Waals surface area contributed by atoms with Gasteiger partial charge in [0.1, 0.15) is 0 Å². The zero-order valence-electron chi connectivity index (χ0n) is 10.1. The van der Waals surface area contributed by atoms with Crippen molar-refractivity contribution in [2.24, 2.45) is 0 Å². The van der Waals surface area contributed by atoms with Crippen LogP contribution >= 0.6 is 0 Å². The zero-order chi connectivity index (χ0) is 11.4. The highest BCUT2D eigenvalue weighted by Gasteiger charge is 2.21. The van der Waals surface area contributed by atoms with Gasteiger partial charge in [-0.1, -0.05) is 25.0 Å². The lowest BCUT2D eigenvalue weighted by Gasteiger charge is -2.11. The average Bonchev–Trinajstić information content (AvgIpc) is 2.48. The normalized spacial score (nSPS) is 15.9. The molecule has 0 aromatic carbocycles. The summed E-state index contributed by atoms with van der Waals surface area (Å²) >= 11 is 0. The first-order valence-electron chi connectivity index (χ1n) is 5.66. The number of carbonyl (C=O) groups excluding carboxylic acids is 1. The molecule has 0 aromatic heterocycles. The summed E-state index contributed by atoms with van der Waals surface area (Å²) in [4.78, 5) is 11.8. The Balaban J connectivity index is 2.79. The van der Waals surface area contributed by atoms with E-state index < -0.39 is 0 Å². The second-order valence-corrected chi connectivity index (χ2v) is 4.25. The van der Waals surface area contributed by atoms with Crippen molar-refractivity contribution >= 4 is 5.97 Å². The van der Waals surface area contributed by atoms with Gasteiger partial charge < -0.3 is 4.74 Å². The van der Waals surface area contributed by atoms with Crippen LogP contribution in [-0.4, -0.2) is 12.1 Å². The van der Waals surface area contributed by atoms with Crippen LogP contribution < -0.4 is 0 Å². The molecule has 0 amide bonds. The van der Waals surface area contributed by atoms with E-state index in [0.29, 0.717) is 0 Å². The van der Waals surface area contributed by atoms with Gasteiger partial charge in [0.25, 0.3) is 0 Å². The molecule has 0 N–H and O–H groups in total. The van der Waals surface area contributed by atoms with E-state index in [1.807, 2.05) is 13.8 Å². The van der Waals surface area contributed by atoms with Gasteiger partial charge in [-0.05, 0) is 39.2 Å². The van der Waals surface area contributed by atoms with Crippen molar-refractivity contribution in [1.82, 2.24) is 0 Å². The highest BCUT2D eigenvalue weighted by Crippen LogP contribution is 2.30.